The highest BCUT2D eigenvalue weighted by atomic mass is 16.5. The third kappa shape index (κ3) is 54.7. The zero-order chi connectivity index (χ0) is 42.6. The second-order valence-corrected chi connectivity index (χ2v) is 18.7. The quantitative estimate of drug-likeness (QED) is 0.0377. The largest absolute Gasteiger partial charge is 0.481 e. The maximum absolute atomic E-state index is 12.0. The van der Waals surface area contributed by atoms with Gasteiger partial charge in [-0.1, -0.05) is 276 Å². The van der Waals surface area contributed by atoms with Gasteiger partial charge in [0.25, 0.3) is 0 Å². The Morgan fingerprint density at radius 1 is 0.322 bits per heavy atom. The van der Waals surface area contributed by atoms with Crippen LogP contribution in [-0.2, 0) is 14.3 Å². The molecule has 0 unspecified atom stereocenters. The summed E-state index contributed by atoms with van der Waals surface area (Å²) >= 11 is 0. The van der Waals surface area contributed by atoms with Crippen molar-refractivity contribution in [1.29, 1.82) is 0 Å². The molecule has 0 amide bonds. The SMILES string of the molecule is CCCCCCCC/C=C\CCCCCCCC(=O)OCCCCCCCCCCCCCCCCCCCCCCCCCCCCCCCCCCCCC(=O)O. The molecule has 4 nitrogen and oxygen atoms in total. The van der Waals surface area contributed by atoms with Gasteiger partial charge in [0.1, 0.15) is 0 Å². The van der Waals surface area contributed by atoms with Gasteiger partial charge in [-0.2, -0.15) is 0 Å². The Balaban J connectivity index is 3.15. The zero-order valence-electron chi connectivity index (χ0n) is 40.2. The van der Waals surface area contributed by atoms with E-state index in [4.69, 9.17) is 9.84 Å². The van der Waals surface area contributed by atoms with Crippen molar-refractivity contribution in [1.82, 2.24) is 0 Å². The summed E-state index contributed by atoms with van der Waals surface area (Å²) < 4.78 is 5.48. The second kappa shape index (κ2) is 52.8. The van der Waals surface area contributed by atoms with Gasteiger partial charge >= 0.3 is 11.9 Å². The van der Waals surface area contributed by atoms with Gasteiger partial charge in [-0.05, 0) is 44.9 Å². The van der Waals surface area contributed by atoms with Crippen molar-refractivity contribution in [2.45, 2.75) is 322 Å². The zero-order valence-corrected chi connectivity index (χ0v) is 40.2. The van der Waals surface area contributed by atoms with E-state index < -0.39 is 5.97 Å². The topological polar surface area (TPSA) is 63.6 Å². The molecule has 0 saturated carbocycles. The van der Waals surface area contributed by atoms with Gasteiger partial charge in [-0.25, -0.2) is 0 Å². The minimum atomic E-state index is -0.651. The minimum Gasteiger partial charge on any atom is -0.481 e. The summed E-state index contributed by atoms with van der Waals surface area (Å²) in [6.45, 7) is 2.90. The molecule has 0 aromatic rings. The van der Waals surface area contributed by atoms with Gasteiger partial charge < -0.3 is 9.84 Å². The molecule has 0 aromatic heterocycles. The van der Waals surface area contributed by atoms with Crippen LogP contribution in [0.3, 0.4) is 0 Å². The van der Waals surface area contributed by atoms with Crippen LogP contribution in [0.2, 0.25) is 0 Å². The molecule has 0 rings (SSSR count). The normalized spacial score (nSPS) is 11.6. The number of esters is 1. The highest BCUT2D eigenvalue weighted by Crippen LogP contribution is 2.18. The summed E-state index contributed by atoms with van der Waals surface area (Å²) in [5.74, 6) is -0.635. The summed E-state index contributed by atoms with van der Waals surface area (Å²) in [5.41, 5.74) is 0. The van der Waals surface area contributed by atoms with E-state index in [2.05, 4.69) is 19.1 Å². The van der Waals surface area contributed by atoms with E-state index in [9.17, 15) is 9.59 Å². The van der Waals surface area contributed by atoms with E-state index in [1.807, 2.05) is 0 Å². The van der Waals surface area contributed by atoms with Crippen molar-refractivity contribution in [3.63, 3.8) is 0 Å². The molecule has 59 heavy (non-hydrogen) atoms. The van der Waals surface area contributed by atoms with Crippen LogP contribution in [0.25, 0.3) is 0 Å². The van der Waals surface area contributed by atoms with Crippen LogP contribution in [0.4, 0.5) is 0 Å². The Hall–Kier alpha value is -1.32. The number of allylic oxidation sites excluding steroid dienone is 2. The third-order valence-corrected chi connectivity index (χ3v) is 12.7. The lowest BCUT2D eigenvalue weighted by Gasteiger charge is -2.06. The van der Waals surface area contributed by atoms with E-state index in [-0.39, 0.29) is 5.97 Å². The first kappa shape index (κ1) is 57.7. The summed E-state index contributed by atoms with van der Waals surface area (Å²) in [6.07, 6.45) is 68.9. The fraction of sp³-hybridized carbons (Fsp3) is 0.927. The number of carbonyl (C=O) groups is 2. The molecule has 0 spiro atoms. The van der Waals surface area contributed by atoms with Crippen LogP contribution in [0.15, 0.2) is 12.2 Å². The number of unbranched alkanes of at least 4 members (excludes halogenated alkanes) is 44. The smallest absolute Gasteiger partial charge is 0.305 e. The molecular weight excluding hydrogens is 725 g/mol. The maximum Gasteiger partial charge on any atom is 0.305 e. The average Bonchev–Trinajstić information content (AvgIpc) is 3.23. The highest BCUT2D eigenvalue weighted by Gasteiger charge is 2.03. The fourth-order valence-corrected chi connectivity index (χ4v) is 8.63. The van der Waals surface area contributed by atoms with Crippen molar-refractivity contribution in [2.24, 2.45) is 0 Å². The number of rotatable bonds is 52. The Morgan fingerprint density at radius 2 is 0.559 bits per heavy atom. The van der Waals surface area contributed by atoms with Crippen molar-refractivity contribution in [3.8, 4) is 0 Å². The lowest BCUT2D eigenvalue weighted by atomic mass is 10.0. The minimum absolute atomic E-state index is 0.0162. The molecular formula is C55H106O4. The van der Waals surface area contributed by atoms with Crippen LogP contribution >= 0.6 is 0 Å². The Labute approximate surface area is 370 Å². The highest BCUT2D eigenvalue weighted by molar-refractivity contribution is 5.69. The fourth-order valence-electron chi connectivity index (χ4n) is 8.63. The number of ether oxygens (including phenoxy) is 1. The lowest BCUT2D eigenvalue weighted by Crippen LogP contribution is -2.05. The van der Waals surface area contributed by atoms with E-state index in [1.165, 1.54) is 270 Å². The molecule has 0 heterocycles. The van der Waals surface area contributed by atoms with Gasteiger partial charge in [0.2, 0.25) is 0 Å². The molecule has 0 saturated heterocycles. The molecule has 0 atom stereocenters. The molecule has 0 bridgehead atoms. The van der Waals surface area contributed by atoms with Crippen molar-refractivity contribution in [3.05, 3.63) is 12.2 Å². The van der Waals surface area contributed by atoms with Gasteiger partial charge in [0.15, 0.2) is 0 Å². The summed E-state index contributed by atoms with van der Waals surface area (Å²) in [4.78, 5) is 22.5. The van der Waals surface area contributed by atoms with Crippen molar-refractivity contribution in [2.75, 3.05) is 6.61 Å². The molecule has 0 aliphatic carbocycles. The molecule has 0 radical (unpaired) electrons. The molecule has 0 aromatic carbocycles. The van der Waals surface area contributed by atoms with Gasteiger partial charge in [-0.15, -0.1) is 0 Å². The summed E-state index contributed by atoms with van der Waals surface area (Å²) in [6, 6.07) is 0. The predicted octanol–water partition coefficient (Wildman–Crippen LogP) is 19.3. The van der Waals surface area contributed by atoms with E-state index in [0.29, 0.717) is 19.4 Å². The number of aliphatic carboxylic acids is 1. The molecule has 4 heteroatoms. The van der Waals surface area contributed by atoms with Gasteiger partial charge in [0.05, 0.1) is 6.61 Å². The third-order valence-electron chi connectivity index (χ3n) is 12.7. The summed E-state index contributed by atoms with van der Waals surface area (Å²) in [7, 11) is 0. The molecule has 350 valence electrons. The van der Waals surface area contributed by atoms with Crippen LogP contribution in [-0.4, -0.2) is 23.7 Å². The van der Waals surface area contributed by atoms with E-state index in [1.54, 1.807) is 0 Å². The van der Waals surface area contributed by atoms with E-state index >= 15 is 0 Å². The van der Waals surface area contributed by atoms with Crippen molar-refractivity contribution < 1.29 is 19.4 Å². The second-order valence-electron chi connectivity index (χ2n) is 18.7. The van der Waals surface area contributed by atoms with Crippen LogP contribution in [0, 0.1) is 0 Å². The van der Waals surface area contributed by atoms with Crippen LogP contribution < -0.4 is 0 Å². The molecule has 0 aliphatic rings. The first-order valence-electron chi connectivity index (χ1n) is 27.2. The first-order chi connectivity index (χ1) is 29.2. The predicted molar refractivity (Wildman–Crippen MR) is 260 cm³/mol. The van der Waals surface area contributed by atoms with E-state index in [0.717, 1.165) is 32.1 Å². The molecule has 1 N–H and O–H groups in total. The monoisotopic (exact) mass is 831 g/mol. The first-order valence-corrected chi connectivity index (χ1v) is 27.2. The Morgan fingerprint density at radius 3 is 0.847 bits per heavy atom. The number of carbonyl (C=O) groups excluding carboxylic acids is 1. The molecule has 0 fully saturated rings. The van der Waals surface area contributed by atoms with Crippen LogP contribution in [0.5, 0.6) is 0 Å². The number of carboxylic acid groups (broad SMARTS) is 1. The van der Waals surface area contributed by atoms with Gasteiger partial charge in [-0.3, -0.25) is 9.59 Å². The lowest BCUT2D eigenvalue weighted by molar-refractivity contribution is -0.144. The average molecular weight is 831 g/mol. The maximum atomic E-state index is 12.0. The standard InChI is InChI=1S/C55H106O4/c1-2-3-4-5-6-7-8-9-30-34-37-40-43-46-49-52-55(58)59-53-50-47-44-41-38-35-32-29-27-25-23-21-19-17-15-13-11-10-12-14-16-18-20-22-24-26-28-31-33-36-39-42-45-48-51-54(56)57/h9,30H,2-8,10-29,31-53H2,1H3,(H,56,57)/b30-9-. The Kier molecular flexibility index (Phi) is 51.6. The number of hydrogen-bond acceptors (Lipinski definition) is 3. The Bertz CT molecular complexity index is 837. The molecule has 0 aliphatic heterocycles. The van der Waals surface area contributed by atoms with Crippen molar-refractivity contribution >= 4 is 11.9 Å². The van der Waals surface area contributed by atoms with Gasteiger partial charge in [0, 0.05) is 12.8 Å². The number of hydrogen-bond donors (Lipinski definition) is 1. The van der Waals surface area contributed by atoms with Crippen LogP contribution in [0.1, 0.15) is 322 Å². The number of carboxylic acids is 1. The summed E-state index contributed by atoms with van der Waals surface area (Å²) in [5, 5.41) is 8.67.